The molecule has 1 N–H and O–H groups in total. The van der Waals surface area contributed by atoms with E-state index in [4.69, 9.17) is 0 Å². The molecule has 1 aliphatic heterocycles. The summed E-state index contributed by atoms with van der Waals surface area (Å²) in [6, 6.07) is 3.01. The summed E-state index contributed by atoms with van der Waals surface area (Å²) < 4.78 is 67.8. The number of carbonyl (C=O) groups excluding carboxylic acids is 1. The zero-order valence-electron chi connectivity index (χ0n) is 15.4. The second kappa shape index (κ2) is 7.63. The van der Waals surface area contributed by atoms with E-state index in [1.165, 1.54) is 15.4 Å². The van der Waals surface area contributed by atoms with E-state index in [9.17, 15) is 26.4 Å². The first-order valence-corrected chi connectivity index (χ1v) is 9.97. The first-order chi connectivity index (χ1) is 13.5. The lowest BCUT2D eigenvalue weighted by Crippen LogP contribution is -2.59. The molecule has 1 fully saturated rings. The Labute approximate surface area is 164 Å². The summed E-state index contributed by atoms with van der Waals surface area (Å²) in [6.45, 7) is 3.51. The highest BCUT2D eigenvalue weighted by atomic mass is 32.2. The third-order valence-electron chi connectivity index (χ3n) is 4.50. The Bertz CT molecular complexity index is 963. The van der Waals surface area contributed by atoms with Gasteiger partial charge in [0.05, 0.1) is 11.1 Å². The first-order valence-electron chi connectivity index (χ1n) is 8.53. The maximum atomic E-state index is 13.0. The van der Waals surface area contributed by atoms with Gasteiger partial charge in [0.2, 0.25) is 10.0 Å². The number of ether oxygens (including phenoxy) is 1. The van der Waals surface area contributed by atoms with Gasteiger partial charge in [0.1, 0.15) is 11.4 Å². The zero-order chi connectivity index (χ0) is 21.4. The summed E-state index contributed by atoms with van der Waals surface area (Å²) in [5, 5.41) is 9.54. The number of carbonyl (C=O) groups is 1. The molecule has 0 unspecified atom stereocenters. The van der Waals surface area contributed by atoms with Crippen LogP contribution in [0.4, 0.5) is 13.2 Å². The molecule has 1 aromatic carbocycles. The minimum atomic E-state index is -4.86. The Morgan fingerprint density at radius 2 is 1.83 bits per heavy atom. The van der Waals surface area contributed by atoms with Crippen LogP contribution in [-0.2, 0) is 10.0 Å². The summed E-state index contributed by atoms with van der Waals surface area (Å²) >= 11 is 0. The largest absolute Gasteiger partial charge is 0.573 e. The van der Waals surface area contributed by atoms with Crippen LogP contribution in [0.3, 0.4) is 0 Å². The SMILES string of the molecule is C[C@@H]1CN(C(=O)c2cnn[nH]2)[C@@H](C)CN1S(=O)(=O)c1ccc(OC(F)(F)F)cc1. The van der Waals surface area contributed by atoms with Gasteiger partial charge in [-0.15, -0.1) is 18.3 Å². The molecule has 0 spiro atoms. The Morgan fingerprint density at radius 3 is 2.38 bits per heavy atom. The van der Waals surface area contributed by atoms with E-state index in [1.807, 2.05) is 0 Å². The van der Waals surface area contributed by atoms with Crippen LogP contribution in [0.15, 0.2) is 35.4 Å². The van der Waals surface area contributed by atoms with Gasteiger partial charge in [-0.3, -0.25) is 9.89 Å². The van der Waals surface area contributed by atoms with Gasteiger partial charge in [0.15, 0.2) is 0 Å². The van der Waals surface area contributed by atoms with E-state index in [2.05, 4.69) is 20.1 Å². The number of hydrogen-bond acceptors (Lipinski definition) is 6. The molecule has 1 aliphatic rings. The first kappa shape index (κ1) is 21.0. The number of piperazine rings is 1. The molecule has 0 radical (unpaired) electrons. The topological polar surface area (TPSA) is 108 Å². The summed E-state index contributed by atoms with van der Waals surface area (Å²) in [5.41, 5.74) is 0.195. The van der Waals surface area contributed by atoms with Gasteiger partial charge in [-0.05, 0) is 38.1 Å². The van der Waals surface area contributed by atoms with E-state index in [1.54, 1.807) is 13.8 Å². The molecule has 1 amide bonds. The maximum Gasteiger partial charge on any atom is 0.573 e. The number of halogens is 3. The van der Waals surface area contributed by atoms with Crippen LogP contribution in [0.1, 0.15) is 24.3 Å². The standard InChI is InChI=1S/C16H18F3N5O4S/c1-10-9-24(11(2)8-23(10)15(25)14-7-20-22-21-14)29(26,27)13-5-3-12(4-6-13)28-16(17,18)19/h3-7,10-11H,8-9H2,1-2H3,(H,20,21,22)/t10-,11+/m0/s1. The monoisotopic (exact) mass is 433 g/mol. The van der Waals surface area contributed by atoms with Crippen molar-refractivity contribution in [3.63, 3.8) is 0 Å². The van der Waals surface area contributed by atoms with Gasteiger partial charge < -0.3 is 9.64 Å². The molecule has 3 rings (SSSR count). The third kappa shape index (κ3) is 4.50. The molecular weight excluding hydrogens is 415 g/mol. The lowest BCUT2D eigenvalue weighted by molar-refractivity contribution is -0.274. The highest BCUT2D eigenvalue weighted by Gasteiger charge is 2.39. The summed E-state index contributed by atoms with van der Waals surface area (Å²) in [5.74, 6) is -0.860. The Kier molecular flexibility index (Phi) is 5.54. The van der Waals surface area contributed by atoms with Crippen molar-refractivity contribution in [1.29, 1.82) is 0 Å². The molecule has 0 bridgehead atoms. The van der Waals surface area contributed by atoms with Crippen molar-refractivity contribution in [1.82, 2.24) is 24.6 Å². The van der Waals surface area contributed by atoms with Crippen molar-refractivity contribution in [3.8, 4) is 5.75 Å². The normalized spacial score (nSPS) is 21.2. The molecule has 158 valence electrons. The lowest BCUT2D eigenvalue weighted by Gasteiger charge is -2.43. The molecule has 1 saturated heterocycles. The van der Waals surface area contributed by atoms with E-state index < -0.39 is 34.2 Å². The molecule has 0 saturated carbocycles. The van der Waals surface area contributed by atoms with Crippen LogP contribution in [0.5, 0.6) is 5.75 Å². The van der Waals surface area contributed by atoms with Gasteiger partial charge in [-0.25, -0.2) is 8.42 Å². The smallest absolute Gasteiger partial charge is 0.406 e. The molecule has 9 nitrogen and oxygen atoms in total. The van der Waals surface area contributed by atoms with Gasteiger partial charge in [-0.1, -0.05) is 5.21 Å². The second-order valence-electron chi connectivity index (χ2n) is 6.62. The minimum Gasteiger partial charge on any atom is -0.406 e. The average molecular weight is 433 g/mol. The highest BCUT2D eigenvalue weighted by Crippen LogP contribution is 2.28. The fraction of sp³-hybridized carbons (Fsp3) is 0.438. The minimum absolute atomic E-state index is 0.0254. The van der Waals surface area contributed by atoms with E-state index in [-0.39, 0.29) is 29.6 Å². The van der Waals surface area contributed by atoms with Crippen molar-refractivity contribution >= 4 is 15.9 Å². The zero-order valence-corrected chi connectivity index (χ0v) is 16.2. The van der Waals surface area contributed by atoms with Gasteiger partial charge in [0, 0.05) is 25.2 Å². The summed E-state index contributed by atoms with van der Waals surface area (Å²) in [6.07, 6.45) is -3.58. The number of rotatable bonds is 4. The summed E-state index contributed by atoms with van der Waals surface area (Å²) in [7, 11) is -3.98. The number of benzene rings is 1. The highest BCUT2D eigenvalue weighted by molar-refractivity contribution is 7.89. The number of aromatic nitrogens is 3. The summed E-state index contributed by atoms with van der Waals surface area (Å²) in [4.78, 5) is 13.9. The molecule has 2 aromatic rings. The van der Waals surface area contributed by atoms with Gasteiger partial charge >= 0.3 is 6.36 Å². The molecule has 29 heavy (non-hydrogen) atoms. The van der Waals surface area contributed by atoms with Crippen molar-refractivity contribution in [2.24, 2.45) is 0 Å². The predicted molar refractivity (Wildman–Crippen MR) is 93.4 cm³/mol. The van der Waals surface area contributed by atoms with E-state index >= 15 is 0 Å². The Morgan fingerprint density at radius 1 is 1.17 bits per heavy atom. The van der Waals surface area contributed by atoms with E-state index in [0.29, 0.717) is 0 Å². The van der Waals surface area contributed by atoms with Crippen molar-refractivity contribution < 1.29 is 31.1 Å². The predicted octanol–water partition coefficient (Wildman–Crippen LogP) is 1.63. The third-order valence-corrected chi connectivity index (χ3v) is 6.49. The Hall–Kier alpha value is -2.67. The van der Waals surface area contributed by atoms with Crippen molar-refractivity contribution in [2.45, 2.75) is 37.2 Å². The van der Waals surface area contributed by atoms with Gasteiger partial charge in [-0.2, -0.15) is 4.31 Å². The molecule has 2 atom stereocenters. The quantitative estimate of drug-likeness (QED) is 0.785. The number of hydrogen-bond donors (Lipinski definition) is 1. The fourth-order valence-electron chi connectivity index (χ4n) is 3.12. The van der Waals surface area contributed by atoms with E-state index in [0.717, 1.165) is 24.3 Å². The number of sulfonamides is 1. The average Bonchev–Trinajstić information content (AvgIpc) is 3.16. The van der Waals surface area contributed by atoms with Crippen LogP contribution >= 0.6 is 0 Å². The van der Waals surface area contributed by atoms with Crippen LogP contribution in [0.2, 0.25) is 0 Å². The molecular formula is C16H18F3N5O4S. The molecule has 13 heteroatoms. The maximum absolute atomic E-state index is 13.0. The molecule has 2 heterocycles. The van der Waals surface area contributed by atoms with Crippen LogP contribution in [-0.4, -0.2) is 70.5 Å². The van der Waals surface area contributed by atoms with Crippen LogP contribution < -0.4 is 4.74 Å². The second-order valence-corrected chi connectivity index (χ2v) is 8.51. The fourth-order valence-corrected chi connectivity index (χ4v) is 4.82. The number of nitrogens with zero attached hydrogens (tertiary/aromatic N) is 4. The Balaban J connectivity index is 1.77. The number of amides is 1. The molecule has 1 aromatic heterocycles. The number of nitrogens with one attached hydrogen (secondary N) is 1. The number of aromatic amines is 1. The lowest BCUT2D eigenvalue weighted by atomic mass is 10.1. The van der Waals surface area contributed by atoms with Gasteiger partial charge in [0.25, 0.3) is 5.91 Å². The molecule has 0 aliphatic carbocycles. The number of alkyl halides is 3. The van der Waals surface area contributed by atoms with Crippen molar-refractivity contribution in [2.75, 3.05) is 13.1 Å². The van der Waals surface area contributed by atoms with Crippen LogP contribution in [0, 0.1) is 0 Å². The number of H-pyrrole nitrogens is 1. The van der Waals surface area contributed by atoms with Crippen molar-refractivity contribution in [3.05, 3.63) is 36.2 Å². The van der Waals surface area contributed by atoms with Crippen LogP contribution in [0.25, 0.3) is 0 Å².